The zero-order chi connectivity index (χ0) is 19.8. The van der Waals surface area contributed by atoms with Crippen LogP contribution in [0.2, 0.25) is 0 Å². The number of benzene rings is 2. The van der Waals surface area contributed by atoms with Gasteiger partial charge in [0.05, 0.1) is 6.61 Å². The van der Waals surface area contributed by atoms with Gasteiger partial charge in [0.15, 0.2) is 0 Å². The molecular formula is C22H27N3O3. The summed E-state index contributed by atoms with van der Waals surface area (Å²) >= 11 is 0. The Balaban J connectivity index is 1.37. The Kier molecular flexibility index (Phi) is 7.03. The summed E-state index contributed by atoms with van der Waals surface area (Å²) in [5, 5.41) is 2.85. The van der Waals surface area contributed by atoms with Gasteiger partial charge in [-0.15, -0.1) is 0 Å². The Bertz CT molecular complexity index is 799. The molecule has 28 heavy (non-hydrogen) atoms. The molecule has 0 saturated carbocycles. The van der Waals surface area contributed by atoms with Gasteiger partial charge in [0, 0.05) is 24.2 Å². The van der Waals surface area contributed by atoms with Gasteiger partial charge in [-0.2, -0.15) is 0 Å². The van der Waals surface area contributed by atoms with Gasteiger partial charge in [0.2, 0.25) is 5.91 Å². The third-order valence-corrected chi connectivity index (χ3v) is 4.81. The highest BCUT2D eigenvalue weighted by molar-refractivity contribution is 5.97. The van der Waals surface area contributed by atoms with Crippen molar-refractivity contribution in [2.75, 3.05) is 26.2 Å². The van der Waals surface area contributed by atoms with Gasteiger partial charge in [0.25, 0.3) is 5.91 Å². The van der Waals surface area contributed by atoms with Gasteiger partial charge < -0.3 is 15.8 Å². The molecule has 0 unspecified atom stereocenters. The molecule has 3 rings (SSSR count). The van der Waals surface area contributed by atoms with Crippen molar-refractivity contribution in [3.8, 4) is 5.75 Å². The lowest BCUT2D eigenvalue weighted by Gasteiger charge is -2.15. The predicted octanol–water partition coefficient (Wildman–Crippen LogP) is 2.58. The Morgan fingerprint density at radius 3 is 2.46 bits per heavy atom. The molecule has 6 heteroatoms. The van der Waals surface area contributed by atoms with Gasteiger partial charge in [-0.3, -0.25) is 14.5 Å². The molecule has 0 aromatic heterocycles. The molecule has 2 aromatic rings. The van der Waals surface area contributed by atoms with Crippen molar-refractivity contribution >= 4 is 11.8 Å². The van der Waals surface area contributed by atoms with Crippen molar-refractivity contribution in [3.05, 3.63) is 65.2 Å². The van der Waals surface area contributed by atoms with Crippen molar-refractivity contribution < 1.29 is 14.3 Å². The van der Waals surface area contributed by atoms with Crippen LogP contribution in [0.25, 0.3) is 0 Å². The lowest BCUT2D eigenvalue weighted by Crippen LogP contribution is -2.25. The zero-order valence-electron chi connectivity index (χ0n) is 16.0. The Labute approximate surface area is 165 Å². The molecule has 1 heterocycles. The van der Waals surface area contributed by atoms with E-state index in [0.717, 1.165) is 12.3 Å². The highest BCUT2D eigenvalue weighted by atomic mass is 16.5. The second-order valence-electron chi connectivity index (χ2n) is 7.03. The molecule has 1 saturated heterocycles. The summed E-state index contributed by atoms with van der Waals surface area (Å²) in [6.45, 7) is 4.38. The summed E-state index contributed by atoms with van der Waals surface area (Å²) in [4.78, 5) is 25.6. The molecular weight excluding hydrogens is 354 g/mol. The molecule has 0 radical (unpaired) electrons. The highest BCUT2D eigenvalue weighted by Crippen LogP contribution is 2.17. The molecule has 2 amide bonds. The van der Waals surface area contributed by atoms with Crippen LogP contribution in [-0.2, 0) is 6.54 Å². The molecule has 1 aliphatic rings. The number of nitrogens with one attached hydrogen (secondary N) is 1. The first-order valence-electron chi connectivity index (χ1n) is 9.74. The maximum atomic E-state index is 12.1. The van der Waals surface area contributed by atoms with Crippen LogP contribution in [0.15, 0.2) is 48.5 Å². The van der Waals surface area contributed by atoms with Crippen LogP contribution in [0.1, 0.15) is 45.5 Å². The minimum absolute atomic E-state index is 0.177. The van der Waals surface area contributed by atoms with Crippen molar-refractivity contribution in [2.24, 2.45) is 5.73 Å². The molecule has 1 aliphatic heterocycles. The maximum Gasteiger partial charge on any atom is 0.251 e. The van der Waals surface area contributed by atoms with E-state index in [4.69, 9.17) is 10.5 Å². The quantitative estimate of drug-likeness (QED) is 0.654. The summed E-state index contributed by atoms with van der Waals surface area (Å²) in [7, 11) is 0. The summed E-state index contributed by atoms with van der Waals surface area (Å²) in [6, 6.07) is 14.5. The van der Waals surface area contributed by atoms with E-state index in [1.54, 1.807) is 24.3 Å². The Morgan fingerprint density at radius 1 is 1.04 bits per heavy atom. The molecule has 3 N–H and O–H groups in total. The largest absolute Gasteiger partial charge is 0.494 e. The van der Waals surface area contributed by atoms with Gasteiger partial charge in [-0.05, 0) is 74.3 Å². The predicted molar refractivity (Wildman–Crippen MR) is 108 cm³/mol. The standard InChI is InChI=1S/C22H27N3O3/c23-21(26)18-7-9-19(10-8-18)22(27)24-11-4-14-28-20-6-3-5-17(15-20)16-25-12-1-2-13-25/h3,5-10,15H,1-2,4,11-14,16H2,(H2,23,26)(H,24,27). The van der Waals surface area contributed by atoms with Gasteiger partial charge in [-0.1, -0.05) is 12.1 Å². The molecule has 0 bridgehead atoms. The van der Waals surface area contributed by atoms with Crippen LogP contribution in [-0.4, -0.2) is 43.0 Å². The average Bonchev–Trinajstić information content (AvgIpc) is 3.21. The number of carbonyl (C=O) groups excluding carboxylic acids is 2. The van der Waals surface area contributed by atoms with Crippen LogP contribution in [0.4, 0.5) is 0 Å². The second kappa shape index (κ2) is 9.90. The number of nitrogens with two attached hydrogens (primary N) is 1. The molecule has 0 spiro atoms. The molecule has 0 aliphatic carbocycles. The van der Waals surface area contributed by atoms with Crippen LogP contribution in [0.3, 0.4) is 0 Å². The van der Waals surface area contributed by atoms with E-state index in [1.807, 2.05) is 12.1 Å². The number of nitrogens with zero attached hydrogens (tertiary/aromatic N) is 1. The van der Waals surface area contributed by atoms with Crippen molar-refractivity contribution in [1.82, 2.24) is 10.2 Å². The Hall–Kier alpha value is -2.86. The minimum atomic E-state index is -0.506. The topological polar surface area (TPSA) is 84.7 Å². The maximum absolute atomic E-state index is 12.1. The first-order valence-corrected chi connectivity index (χ1v) is 9.74. The second-order valence-corrected chi connectivity index (χ2v) is 7.03. The number of amides is 2. The van der Waals surface area contributed by atoms with Crippen LogP contribution in [0, 0.1) is 0 Å². The average molecular weight is 381 g/mol. The number of carbonyl (C=O) groups is 2. The zero-order valence-corrected chi connectivity index (χ0v) is 16.0. The summed E-state index contributed by atoms with van der Waals surface area (Å²) < 4.78 is 5.82. The SMILES string of the molecule is NC(=O)c1ccc(C(=O)NCCCOc2cccc(CN3CCCC3)c2)cc1. The van der Waals surface area contributed by atoms with E-state index in [-0.39, 0.29) is 5.91 Å². The fourth-order valence-corrected chi connectivity index (χ4v) is 3.28. The molecule has 1 fully saturated rings. The van der Waals surface area contributed by atoms with E-state index < -0.39 is 5.91 Å². The summed E-state index contributed by atoms with van der Waals surface area (Å²) in [5.74, 6) is 0.183. The number of hydrogen-bond donors (Lipinski definition) is 2. The van der Waals surface area contributed by atoms with E-state index in [0.29, 0.717) is 30.7 Å². The monoisotopic (exact) mass is 381 g/mol. The molecule has 0 atom stereocenters. The number of rotatable bonds is 9. The van der Waals surface area contributed by atoms with Crippen molar-refractivity contribution in [3.63, 3.8) is 0 Å². The van der Waals surface area contributed by atoms with E-state index >= 15 is 0 Å². The fraction of sp³-hybridized carbons (Fsp3) is 0.364. The number of ether oxygens (including phenoxy) is 1. The van der Waals surface area contributed by atoms with Gasteiger partial charge in [-0.25, -0.2) is 0 Å². The van der Waals surface area contributed by atoms with Crippen LogP contribution in [0.5, 0.6) is 5.75 Å². The normalized spacial score (nSPS) is 14.0. The molecule has 148 valence electrons. The summed E-state index contributed by atoms with van der Waals surface area (Å²) in [6.07, 6.45) is 3.29. The first kappa shape index (κ1) is 19.9. The fourth-order valence-electron chi connectivity index (χ4n) is 3.28. The minimum Gasteiger partial charge on any atom is -0.494 e. The van der Waals surface area contributed by atoms with E-state index in [1.165, 1.54) is 31.5 Å². The van der Waals surface area contributed by atoms with E-state index in [2.05, 4.69) is 22.3 Å². The lowest BCUT2D eigenvalue weighted by molar-refractivity contribution is 0.0948. The first-order chi connectivity index (χ1) is 13.6. The molecule has 2 aromatic carbocycles. The van der Waals surface area contributed by atoms with Crippen LogP contribution >= 0.6 is 0 Å². The van der Waals surface area contributed by atoms with Crippen molar-refractivity contribution in [2.45, 2.75) is 25.8 Å². The smallest absolute Gasteiger partial charge is 0.251 e. The number of likely N-dealkylation sites (tertiary alicyclic amines) is 1. The van der Waals surface area contributed by atoms with Gasteiger partial charge in [0.1, 0.15) is 5.75 Å². The van der Waals surface area contributed by atoms with E-state index in [9.17, 15) is 9.59 Å². The summed E-state index contributed by atoms with van der Waals surface area (Å²) in [5.41, 5.74) is 7.35. The number of primary amides is 1. The molecule has 6 nitrogen and oxygen atoms in total. The van der Waals surface area contributed by atoms with Gasteiger partial charge >= 0.3 is 0 Å². The number of hydrogen-bond acceptors (Lipinski definition) is 4. The van der Waals surface area contributed by atoms with Crippen LogP contribution < -0.4 is 15.8 Å². The van der Waals surface area contributed by atoms with Crippen molar-refractivity contribution in [1.29, 1.82) is 0 Å². The highest BCUT2D eigenvalue weighted by Gasteiger charge is 2.12. The third kappa shape index (κ3) is 5.82. The Morgan fingerprint density at radius 2 is 1.75 bits per heavy atom. The lowest BCUT2D eigenvalue weighted by atomic mass is 10.1. The third-order valence-electron chi connectivity index (χ3n) is 4.81.